The SMILES string of the molecule is CN1C2=C(CC(=O)C=C2)OC1CCNC(=O)C1CC1. The number of amides is 1. The minimum atomic E-state index is -0.0833. The molecule has 1 atom stereocenters. The van der Waals surface area contributed by atoms with Gasteiger partial charge in [0.15, 0.2) is 12.0 Å². The number of rotatable bonds is 4. The largest absolute Gasteiger partial charge is 0.472 e. The predicted octanol–water partition coefficient (Wildman–Crippen LogP) is 0.931. The van der Waals surface area contributed by atoms with E-state index in [0.29, 0.717) is 13.0 Å². The third-order valence-corrected chi connectivity index (χ3v) is 3.78. The van der Waals surface area contributed by atoms with Crippen LogP contribution in [0.5, 0.6) is 0 Å². The van der Waals surface area contributed by atoms with E-state index in [-0.39, 0.29) is 23.8 Å². The summed E-state index contributed by atoms with van der Waals surface area (Å²) in [6, 6.07) is 0. The third-order valence-electron chi connectivity index (χ3n) is 3.78. The number of allylic oxidation sites excluding steroid dienone is 3. The van der Waals surface area contributed by atoms with E-state index in [1.807, 2.05) is 18.0 Å². The van der Waals surface area contributed by atoms with Crippen LogP contribution in [0.3, 0.4) is 0 Å². The quantitative estimate of drug-likeness (QED) is 0.819. The zero-order valence-corrected chi connectivity index (χ0v) is 11.0. The fourth-order valence-electron chi connectivity index (χ4n) is 2.45. The van der Waals surface area contributed by atoms with Crippen molar-refractivity contribution in [3.05, 3.63) is 23.6 Å². The molecule has 19 heavy (non-hydrogen) atoms. The van der Waals surface area contributed by atoms with E-state index in [1.165, 1.54) is 0 Å². The number of carbonyl (C=O) groups is 2. The van der Waals surface area contributed by atoms with Crippen LogP contribution in [0.1, 0.15) is 25.7 Å². The number of nitrogens with one attached hydrogen (secondary N) is 1. The standard InChI is InChI=1S/C14H18N2O3/c1-16-11-5-4-10(17)8-12(11)19-13(16)6-7-15-14(18)9-2-3-9/h4-5,9,13H,2-3,6-8H2,1H3,(H,15,18). The van der Waals surface area contributed by atoms with Crippen molar-refractivity contribution >= 4 is 11.7 Å². The number of carbonyl (C=O) groups excluding carboxylic acids is 2. The molecule has 1 fully saturated rings. The average Bonchev–Trinajstić information content (AvgIpc) is 3.17. The molecular weight excluding hydrogens is 244 g/mol. The van der Waals surface area contributed by atoms with Crippen LogP contribution in [0.15, 0.2) is 23.6 Å². The number of ketones is 1. The zero-order chi connectivity index (χ0) is 13.4. The Bertz CT molecular complexity index is 477. The summed E-state index contributed by atoms with van der Waals surface area (Å²) in [5.74, 6) is 1.24. The van der Waals surface area contributed by atoms with Crippen LogP contribution < -0.4 is 5.32 Å². The third kappa shape index (κ3) is 2.50. The Kier molecular flexibility index (Phi) is 3.05. The summed E-state index contributed by atoms with van der Waals surface area (Å²) in [5.41, 5.74) is 0.984. The Hall–Kier alpha value is -1.78. The topological polar surface area (TPSA) is 58.6 Å². The zero-order valence-electron chi connectivity index (χ0n) is 11.0. The van der Waals surface area contributed by atoms with Gasteiger partial charge in [0.1, 0.15) is 5.76 Å². The molecule has 2 aliphatic carbocycles. The molecular formula is C14H18N2O3. The molecule has 0 aromatic heterocycles. The maximum absolute atomic E-state index is 11.5. The Morgan fingerprint density at radius 1 is 1.47 bits per heavy atom. The average molecular weight is 262 g/mol. The number of hydrogen-bond donors (Lipinski definition) is 1. The number of ether oxygens (including phenoxy) is 1. The minimum absolute atomic E-state index is 0.0786. The molecule has 3 aliphatic rings. The van der Waals surface area contributed by atoms with Crippen LogP contribution in [0.25, 0.3) is 0 Å². The summed E-state index contributed by atoms with van der Waals surface area (Å²) in [7, 11) is 1.95. The molecule has 1 saturated carbocycles. The van der Waals surface area contributed by atoms with Crippen molar-refractivity contribution in [3.8, 4) is 0 Å². The van der Waals surface area contributed by atoms with Gasteiger partial charge in [-0.15, -0.1) is 0 Å². The highest BCUT2D eigenvalue weighted by Gasteiger charge is 2.33. The van der Waals surface area contributed by atoms with E-state index in [4.69, 9.17) is 4.74 Å². The van der Waals surface area contributed by atoms with Gasteiger partial charge in [0.05, 0.1) is 12.1 Å². The van der Waals surface area contributed by atoms with Crippen LogP contribution in [0.2, 0.25) is 0 Å². The monoisotopic (exact) mass is 262 g/mol. The lowest BCUT2D eigenvalue weighted by Gasteiger charge is -2.22. The highest BCUT2D eigenvalue weighted by atomic mass is 16.5. The van der Waals surface area contributed by atoms with E-state index in [0.717, 1.165) is 30.7 Å². The van der Waals surface area contributed by atoms with Crippen LogP contribution in [0, 0.1) is 5.92 Å². The molecule has 1 aliphatic heterocycles. The lowest BCUT2D eigenvalue weighted by molar-refractivity contribution is -0.122. The summed E-state index contributed by atoms with van der Waals surface area (Å²) in [6.45, 7) is 0.614. The maximum Gasteiger partial charge on any atom is 0.223 e. The first kappa shape index (κ1) is 12.3. The Labute approximate surface area is 112 Å². The first-order valence-corrected chi connectivity index (χ1v) is 6.76. The van der Waals surface area contributed by atoms with E-state index in [9.17, 15) is 9.59 Å². The molecule has 0 bridgehead atoms. The van der Waals surface area contributed by atoms with Gasteiger partial charge >= 0.3 is 0 Å². The molecule has 0 aromatic rings. The van der Waals surface area contributed by atoms with Crippen LogP contribution >= 0.6 is 0 Å². The fraction of sp³-hybridized carbons (Fsp3) is 0.571. The molecule has 1 unspecified atom stereocenters. The van der Waals surface area contributed by atoms with Gasteiger partial charge < -0.3 is 15.0 Å². The van der Waals surface area contributed by atoms with Crippen molar-refractivity contribution in [1.82, 2.24) is 10.2 Å². The first-order chi connectivity index (χ1) is 9.15. The fourth-order valence-corrected chi connectivity index (χ4v) is 2.45. The maximum atomic E-state index is 11.5. The van der Waals surface area contributed by atoms with Gasteiger partial charge in [0.2, 0.25) is 5.91 Å². The molecule has 0 saturated heterocycles. The van der Waals surface area contributed by atoms with Crippen LogP contribution in [0.4, 0.5) is 0 Å². The van der Waals surface area contributed by atoms with Gasteiger partial charge in [-0.25, -0.2) is 0 Å². The summed E-state index contributed by atoms with van der Waals surface area (Å²) in [4.78, 5) is 24.9. The molecule has 1 amide bonds. The highest BCUT2D eigenvalue weighted by Crippen LogP contribution is 2.32. The summed E-state index contributed by atoms with van der Waals surface area (Å²) < 4.78 is 5.79. The normalized spacial score (nSPS) is 25.4. The summed E-state index contributed by atoms with van der Waals surface area (Å²) >= 11 is 0. The van der Waals surface area contributed by atoms with E-state index in [1.54, 1.807) is 6.08 Å². The lowest BCUT2D eigenvalue weighted by Crippen LogP contribution is -2.33. The molecule has 5 heteroatoms. The second-order valence-corrected chi connectivity index (χ2v) is 5.32. The van der Waals surface area contributed by atoms with Crippen LogP contribution in [-0.4, -0.2) is 36.4 Å². The van der Waals surface area contributed by atoms with Gasteiger partial charge in [-0.05, 0) is 25.0 Å². The molecule has 1 N–H and O–H groups in total. The summed E-state index contributed by atoms with van der Waals surface area (Å²) in [5, 5.41) is 2.93. The number of nitrogens with zero attached hydrogens (tertiary/aromatic N) is 1. The van der Waals surface area contributed by atoms with Crippen molar-refractivity contribution in [2.24, 2.45) is 5.92 Å². The molecule has 0 spiro atoms. The van der Waals surface area contributed by atoms with Gasteiger partial charge in [-0.3, -0.25) is 9.59 Å². The minimum Gasteiger partial charge on any atom is -0.472 e. The van der Waals surface area contributed by atoms with Crippen molar-refractivity contribution in [2.75, 3.05) is 13.6 Å². The van der Waals surface area contributed by atoms with Crippen molar-refractivity contribution in [3.63, 3.8) is 0 Å². The highest BCUT2D eigenvalue weighted by molar-refractivity contribution is 5.93. The van der Waals surface area contributed by atoms with Gasteiger partial charge in [-0.2, -0.15) is 0 Å². The number of likely N-dealkylation sites (N-methyl/N-ethyl adjacent to an activating group) is 1. The van der Waals surface area contributed by atoms with Gasteiger partial charge in [-0.1, -0.05) is 0 Å². The van der Waals surface area contributed by atoms with Gasteiger partial charge in [0, 0.05) is 25.9 Å². The second-order valence-electron chi connectivity index (χ2n) is 5.32. The van der Waals surface area contributed by atoms with Gasteiger partial charge in [0.25, 0.3) is 0 Å². The molecule has 0 radical (unpaired) electrons. The van der Waals surface area contributed by atoms with E-state index < -0.39 is 0 Å². The van der Waals surface area contributed by atoms with E-state index >= 15 is 0 Å². The number of hydrogen-bond acceptors (Lipinski definition) is 4. The van der Waals surface area contributed by atoms with Crippen molar-refractivity contribution in [1.29, 1.82) is 0 Å². The Morgan fingerprint density at radius 2 is 2.26 bits per heavy atom. The molecule has 5 nitrogen and oxygen atoms in total. The molecule has 102 valence electrons. The van der Waals surface area contributed by atoms with Crippen molar-refractivity contribution in [2.45, 2.75) is 31.9 Å². The first-order valence-electron chi connectivity index (χ1n) is 6.76. The Balaban J connectivity index is 1.50. The smallest absolute Gasteiger partial charge is 0.223 e. The lowest BCUT2D eigenvalue weighted by atomic mass is 10.1. The van der Waals surface area contributed by atoms with Crippen molar-refractivity contribution < 1.29 is 14.3 Å². The van der Waals surface area contributed by atoms with Crippen LogP contribution in [-0.2, 0) is 14.3 Å². The molecule has 0 aromatic carbocycles. The molecule has 1 heterocycles. The second kappa shape index (κ2) is 4.72. The van der Waals surface area contributed by atoms with E-state index in [2.05, 4.69) is 5.32 Å². The summed E-state index contributed by atoms with van der Waals surface area (Å²) in [6.07, 6.45) is 6.44. The predicted molar refractivity (Wildman–Crippen MR) is 68.8 cm³/mol. The molecule has 3 rings (SSSR count). The Morgan fingerprint density at radius 3 is 3.00 bits per heavy atom.